The molecule has 1 unspecified atom stereocenters. The summed E-state index contributed by atoms with van der Waals surface area (Å²) in [7, 11) is 0. The predicted octanol–water partition coefficient (Wildman–Crippen LogP) is 2.92. The smallest absolute Gasteiger partial charge is 0.238 e. The first-order valence-electron chi connectivity index (χ1n) is 10.2. The first kappa shape index (κ1) is 21.7. The Hall–Kier alpha value is -1.99. The molecule has 2 N–H and O–H groups in total. The van der Waals surface area contributed by atoms with Crippen molar-refractivity contribution in [2.45, 2.75) is 39.7 Å². The number of amides is 2. The molecule has 1 aromatic carbocycles. The van der Waals surface area contributed by atoms with Gasteiger partial charge in [0.15, 0.2) is 11.5 Å². The largest absolute Gasteiger partial charge is 0.486 e. The number of fused-ring (bicyclic) bond motifs is 1. The molecule has 0 saturated carbocycles. The van der Waals surface area contributed by atoms with Crippen LogP contribution >= 0.6 is 11.6 Å². The van der Waals surface area contributed by atoms with Crippen LogP contribution in [-0.2, 0) is 9.59 Å². The third-order valence-electron chi connectivity index (χ3n) is 5.60. The molecule has 2 heterocycles. The molecule has 3 rings (SSSR count). The third-order valence-corrected chi connectivity index (χ3v) is 5.91. The highest BCUT2D eigenvalue weighted by Gasteiger charge is 2.27. The lowest BCUT2D eigenvalue weighted by atomic mass is 9.95. The van der Waals surface area contributed by atoms with Crippen LogP contribution in [0.1, 0.15) is 33.6 Å². The van der Waals surface area contributed by atoms with Gasteiger partial charge in [-0.05, 0) is 38.8 Å². The van der Waals surface area contributed by atoms with E-state index in [4.69, 9.17) is 21.1 Å². The molecule has 1 aromatic rings. The van der Waals surface area contributed by atoms with Crippen molar-refractivity contribution in [3.05, 3.63) is 17.2 Å². The van der Waals surface area contributed by atoms with Crippen LogP contribution in [-0.4, -0.2) is 55.6 Å². The fraction of sp³-hybridized carbons (Fsp3) is 0.619. The van der Waals surface area contributed by atoms with E-state index in [1.807, 2.05) is 6.92 Å². The number of rotatable bonds is 6. The Bertz CT molecular complexity index is 748. The van der Waals surface area contributed by atoms with Gasteiger partial charge in [0.2, 0.25) is 11.8 Å². The highest BCUT2D eigenvalue weighted by molar-refractivity contribution is 6.34. The number of benzene rings is 1. The minimum absolute atomic E-state index is 0.0164. The molecule has 0 radical (unpaired) electrons. The second-order valence-corrected chi connectivity index (χ2v) is 8.52. The molecule has 2 aliphatic rings. The number of halogens is 1. The Morgan fingerprint density at radius 2 is 1.76 bits per heavy atom. The number of carbonyl (C=O) groups is 2. The van der Waals surface area contributed by atoms with Gasteiger partial charge in [-0.3, -0.25) is 14.5 Å². The lowest BCUT2D eigenvalue weighted by Gasteiger charge is -2.31. The molecule has 0 aromatic heterocycles. The quantitative estimate of drug-likeness (QED) is 0.735. The van der Waals surface area contributed by atoms with E-state index in [1.54, 1.807) is 12.1 Å². The van der Waals surface area contributed by atoms with Crippen LogP contribution < -0.4 is 20.1 Å². The summed E-state index contributed by atoms with van der Waals surface area (Å²) in [5, 5.41) is 6.36. The van der Waals surface area contributed by atoms with E-state index in [9.17, 15) is 9.59 Å². The van der Waals surface area contributed by atoms with Crippen molar-refractivity contribution in [3.8, 4) is 11.5 Å². The van der Waals surface area contributed by atoms with Crippen molar-refractivity contribution in [3.63, 3.8) is 0 Å². The Kier molecular flexibility index (Phi) is 7.24. The molecule has 2 aliphatic heterocycles. The van der Waals surface area contributed by atoms with Gasteiger partial charge in [0.25, 0.3) is 0 Å². The van der Waals surface area contributed by atoms with Gasteiger partial charge in [0.05, 0.1) is 17.3 Å². The molecule has 7 nitrogen and oxygen atoms in total. The van der Waals surface area contributed by atoms with Crippen molar-refractivity contribution in [1.29, 1.82) is 0 Å². The summed E-state index contributed by atoms with van der Waals surface area (Å²) in [5.41, 5.74) is 0.512. The first-order chi connectivity index (χ1) is 13.8. The van der Waals surface area contributed by atoms with Gasteiger partial charge in [-0.15, -0.1) is 0 Å². The standard InChI is InChI=1S/C21H30ClN3O4/c1-13(2)14(3)23-21(27)15-4-6-25(7-5-15)12-20(26)24-17-11-19-18(10-16(17)22)28-8-9-29-19/h10-11,13-15H,4-9,12H2,1-3H3,(H,23,27)(H,24,26). The molecule has 160 valence electrons. The van der Waals surface area contributed by atoms with Crippen molar-refractivity contribution in [2.75, 3.05) is 38.2 Å². The molecule has 1 saturated heterocycles. The maximum Gasteiger partial charge on any atom is 0.238 e. The summed E-state index contributed by atoms with van der Waals surface area (Å²) in [6, 6.07) is 3.52. The number of nitrogens with zero attached hydrogens (tertiary/aromatic N) is 1. The zero-order valence-electron chi connectivity index (χ0n) is 17.3. The topological polar surface area (TPSA) is 79.9 Å². The Balaban J connectivity index is 1.47. The number of anilines is 1. The lowest BCUT2D eigenvalue weighted by Crippen LogP contribution is -2.45. The van der Waals surface area contributed by atoms with E-state index in [0.717, 1.165) is 25.9 Å². The van der Waals surface area contributed by atoms with Gasteiger partial charge in [-0.25, -0.2) is 0 Å². The number of carbonyl (C=O) groups excluding carboxylic acids is 2. The fourth-order valence-corrected chi connectivity index (χ4v) is 3.62. The van der Waals surface area contributed by atoms with Crippen LogP contribution in [0.4, 0.5) is 5.69 Å². The molecular weight excluding hydrogens is 394 g/mol. The Morgan fingerprint density at radius 1 is 1.14 bits per heavy atom. The molecule has 0 spiro atoms. The number of ether oxygens (including phenoxy) is 2. The monoisotopic (exact) mass is 423 g/mol. The van der Waals surface area contributed by atoms with Gasteiger partial charge in [-0.1, -0.05) is 25.4 Å². The van der Waals surface area contributed by atoms with Crippen molar-refractivity contribution < 1.29 is 19.1 Å². The number of likely N-dealkylation sites (tertiary alicyclic amines) is 1. The maximum absolute atomic E-state index is 12.5. The van der Waals surface area contributed by atoms with E-state index < -0.39 is 0 Å². The minimum Gasteiger partial charge on any atom is -0.486 e. The van der Waals surface area contributed by atoms with Gasteiger partial charge in [0, 0.05) is 24.1 Å². The fourth-order valence-electron chi connectivity index (χ4n) is 3.41. The minimum atomic E-state index is -0.139. The Labute approximate surface area is 177 Å². The predicted molar refractivity (Wildman–Crippen MR) is 113 cm³/mol. The van der Waals surface area contributed by atoms with Gasteiger partial charge in [-0.2, -0.15) is 0 Å². The molecule has 0 bridgehead atoms. The third kappa shape index (κ3) is 5.76. The van der Waals surface area contributed by atoms with Crippen LogP contribution in [0, 0.1) is 11.8 Å². The molecule has 1 atom stereocenters. The van der Waals surface area contributed by atoms with E-state index in [2.05, 4.69) is 29.4 Å². The maximum atomic E-state index is 12.5. The van der Waals surface area contributed by atoms with Crippen LogP contribution in [0.15, 0.2) is 12.1 Å². The molecule has 29 heavy (non-hydrogen) atoms. The van der Waals surface area contributed by atoms with Gasteiger partial charge in [0.1, 0.15) is 13.2 Å². The lowest BCUT2D eigenvalue weighted by molar-refractivity contribution is -0.127. The number of hydrogen-bond donors (Lipinski definition) is 2. The van der Waals surface area contributed by atoms with Crippen molar-refractivity contribution in [2.24, 2.45) is 11.8 Å². The normalized spacial score (nSPS) is 18.4. The van der Waals surface area contributed by atoms with Gasteiger partial charge < -0.3 is 20.1 Å². The zero-order valence-corrected chi connectivity index (χ0v) is 18.1. The summed E-state index contributed by atoms with van der Waals surface area (Å²) in [6.45, 7) is 8.89. The summed E-state index contributed by atoms with van der Waals surface area (Å²) in [4.78, 5) is 26.9. The van der Waals surface area contributed by atoms with E-state index in [-0.39, 0.29) is 30.3 Å². The SMILES string of the molecule is CC(C)C(C)NC(=O)C1CCN(CC(=O)Nc2cc3c(cc2Cl)OCCO3)CC1. The molecule has 0 aliphatic carbocycles. The number of piperidine rings is 1. The molecule has 2 amide bonds. The molecular formula is C21H30ClN3O4. The van der Waals surface area contributed by atoms with Gasteiger partial charge >= 0.3 is 0 Å². The zero-order chi connectivity index (χ0) is 21.0. The van der Waals surface area contributed by atoms with E-state index in [1.165, 1.54) is 0 Å². The van der Waals surface area contributed by atoms with E-state index in [0.29, 0.717) is 41.3 Å². The first-order valence-corrected chi connectivity index (χ1v) is 10.6. The van der Waals surface area contributed by atoms with Crippen LogP contribution in [0.2, 0.25) is 5.02 Å². The number of hydrogen-bond acceptors (Lipinski definition) is 5. The van der Waals surface area contributed by atoms with Crippen LogP contribution in [0.25, 0.3) is 0 Å². The molecule has 8 heteroatoms. The number of nitrogens with one attached hydrogen (secondary N) is 2. The Morgan fingerprint density at radius 3 is 2.38 bits per heavy atom. The summed E-state index contributed by atoms with van der Waals surface area (Å²) in [6.07, 6.45) is 1.52. The second-order valence-electron chi connectivity index (χ2n) is 8.12. The summed E-state index contributed by atoms with van der Waals surface area (Å²) >= 11 is 6.26. The highest BCUT2D eigenvalue weighted by Crippen LogP contribution is 2.37. The van der Waals surface area contributed by atoms with Crippen LogP contribution in [0.3, 0.4) is 0 Å². The van der Waals surface area contributed by atoms with E-state index >= 15 is 0 Å². The average Bonchev–Trinajstić information content (AvgIpc) is 2.69. The molecule has 1 fully saturated rings. The summed E-state index contributed by atoms with van der Waals surface area (Å²) < 4.78 is 11.0. The average molecular weight is 424 g/mol. The highest BCUT2D eigenvalue weighted by atomic mass is 35.5. The second kappa shape index (κ2) is 9.67. The van der Waals surface area contributed by atoms with Crippen molar-refractivity contribution >= 4 is 29.1 Å². The van der Waals surface area contributed by atoms with Crippen molar-refractivity contribution in [1.82, 2.24) is 10.2 Å². The summed E-state index contributed by atoms with van der Waals surface area (Å²) in [5.74, 6) is 1.58. The van der Waals surface area contributed by atoms with Crippen LogP contribution in [0.5, 0.6) is 11.5 Å².